The van der Waals surface area contributed by atoms with Gasteiger partial charge in [0, 0.05) is 46.2 Å². The average Bonchev–Trinajstić information content (AvgIpc) is 2.52. The van der Waals surface area contributed by atoms with Crippen molar-refractivity contribution in [2.75, 3.05) is 39.3 Å². The molecule has 7 nitrogen and oxygen atoms in total. The van der Waals surface area contributed by atoms with Crippen molar-refractivity contribution in [2.24, 2.45) is 5.92 Å². The molecule has 0 radical (unpaired) electrons. The Kier molecular flexibility index (Phi) is 7.32. The molecule has 0 bridgehead atoms. The van der Waals surface area contributed by atoms with E-state index in [-0.39, 0.29) is 23.8 Å². The molecule has 1 aliphatic heterocycles. The minimum Gasteiger partial charge on any atom is -0.344 e. The van der Waals surface area contributed by atoms with Gasteiger partial charge in [0.25, 0.3) is 0 Å². The Labute approximate surface area is 139 Å². The minimum absolute atomic E-state index is 0.0294. The molecule has 1 atom stereocenters. The first kappa shape index (κ1) is 19.3. The molecule has 132 valence electrons. The van der Waals surface area contributed by atoms with Gasteiger partial charge in [-0.15, -0.1) is 0 Å². The summed E-state index contributed by atoms with van der Waals surface area (Å²) in [6, 6.07) is -0.470. The van der Waals surface area contributed by atoms with Gasteiger partial charge in [0.05, 0.1) is 0 Å². The van der Waals surface area contributed by atoms with Crippen molar-refractivity contribution in [3.8, 4) is 0 Å². The third kappa shape index (κ3) is 5.11. The summed E-state index contributed by atoms with van der Waals surface area (Å²) >= 11 is 0. The van der Waals surface area contributed by atoms with Crippen molar-refractivity contribution in [1.82, 2.24) is 20.0 Å². The van der Waals surface area contributed by atoms with Crippen molar-refractivity contribution >= 4 is 17.8 Å². The van der Waals surface area contributed by atoms with Gasteiger partial charge in [-0.05, 0) is 19.8 Å². The van der Waals surface area contributed by atoms with E-state index in [0.717, 1.165) is 0 Å². The zero-order chi connectivity index (χ0) is 17.6. The lowest BCUT2D eigenvalue weighted by atomic mass is 10.0. The second kappa shape index (κ2) is 8.74. The van der Waals surface area contributed by atoms with Crippen LogP contribution in [0.25, 0.3) is 0 Å². The zero-order valence-electron chi connectivity index (χ0n) is 15.0. The lowest BCUT2D eigenvalue weighted by molar-refractivity contribution is -0.138. The first-order chi connectivity index (χ1) is 10.8. The van der Waals surface area contributed by atoms with E-state index in [4.69, 9.17) is 0 Å². The summed E-state index contributed by atoms with van der Waals surface area (Å²) in [5.41, 5.74) is 0. The van der Waals surface area contributed by atoms with E-state index in [9.17, 15) is 14.4 Å². The maximum atomic E-state index is 12.6. The molecule has 4 amide bonds. The molecule has 23 heavy (non-hydrogen) atoms. The highest BCUT2D eigenvalue weighted by Crippen LogP contribution is 2.11. The zero-order valence-corrected chi connectivity index (χ0v) is 15.0. The molecule has 0 aromatic rings. The van der Waals surface area contributed by atoms with Gasteiger partial charge in [-0.2, -0.15) is 0 Å². The number of urea groups is 1. The molecular weight excluding hydrogens is 296 g/mol. The van der Waals surface area contributed by atoms with E-state index < -0.39 is 6.04 Å². The van der Waals surface area contributed by atoms with Crippen LogP contribution >= 0.6 is 0 Å². The second-order valence-electron chi connectivity index (χ2n) is 6.19. The summed E-state index contributed by atoms with van der Waals surface area (Å²) in [5.74, 6) is -0.237. The molecule has 7 heteroatoms. The fourth-order valence-electron chi connectivity index (χ4n) is 2.74. The highest BCUT2D eigenvalue weighted by molar-refractivity contribution is 5.87. The number of nitrogens with zero attached hydrogens (tertiary/aromatic N) is 3. The summed E-state index contributed by atoms with van der Waals surface area (Å²) < 4.78 is 0. The number of hydrogen-bond donors (Lipinski definition) is 1. The van der Waals surface area contributed by atoms with Crippen molar-refractivity contribution in [1.29, 1.82) is 0 Å². The van der Waals surface area contributed by atoms with Crippen molar-refractivity contribution in [3.05, 3.63) is 0 Å². The van der Waals surface area contributed by atoms with Crippen LogP contribution in [0.1, 0.15) is 34.6 Å². The Morgan fingerprint density at radius 1 is 1.00 bits per heavy atom. The third-order valence-electron chi connectivity index (χ3n) is 4.19. The van der Waals surface area contributed by atoms with Crippen molar-refractivity contribution in [3.63, 3.8) is 0 Å². The first-order valence-electron chi connectivity index (χ1n) is 8.41. The number of piperazine rings is 1. The number of carbonyl (C=O) groups is 3. The molecule has 0 spiro atoms. The van der Waals surface area contributed by atoms with Crippen LogP contribution < -0.4 is 5.32 Å². The van der Waals surface area contributed by atoms with E-state index in [2.05, 4.69) is 5.32 Å². The van der Waals surface area contributed by atoms with Crippen LogP contribution in [0.4, 0.5) is 4.79 Å². The fourth-order valence-corrected chi connectivity index (χ4v) is 2.74. The summed E-state index contributed by atoms with van der Waals surface area (Å²) in [6.07, 6.45) is 0. The van der Waals surface area contributed by atoms with Crippen LogP contribution in [0.15, 0.2) is 0 Å². The van der Waals surface area contributed by atoms with Crippen LogP contribution in [0.3, 0.4) is 0 Å². The Morgan fingerprint density at radius 2 is 1.48 bits per heavy atom. The number of amides is 4. The SMILES string of the molecule is CCN(CC)C(=O)N1CCN(C(=O)C(NC(C)=O)C(C)C)CC1. The van der Waals surface area contributed by atoms with Crippen molar-refractivity contribution < 1.29 is 14.4 Å². The van der Waals surface area contributed by atoms with Crippen LogP contribution in [0, 0.1) is 5.92 Å². The van der Waals surface area contributed by atoms with Crippen LogP contribution in [0.5, 0.6) is 0 Å². The quantitative estimate of drug-likeness (QED) is 0.810. The lowest BCUT2D eigenvalue weighted by Gasteiger charge is -2.38. The van der Waals surface area contributed by atoms with Crippen LogP contribution in [-0.4, -0.2) is 77.9 Å². The monoisotopic (exact) mass is 326 g/mol. The van der Waals surface area contributed by atoms with Gasteiger partial charge in [-0.25, -0.2) is 4.79 Å². The van der Waals surface area contributed by atoms with E-state index in [1.807, 2.05) is 27.7 Å². The number of carbonyl (C=O) groups excluding carboxylic acids is 3. The molecule has 1 N–H and O–H groups in total. The molecule has 1 saturated heterocycles. The van der Waals surface area contributed by atoms with E-state index in [1.54, 1.807) is 14.7 Å². The second-order valence-corrected chi connectivity index (χ2v) is 6.19. The maximum absolute atomic E-state index is 12.6. The minimum atomic E-state index is -0.502. The molecule has 0 aromatic heterocycles. The highest BCUT2D eigenvalue weighted by atomic mass is 16.2. The number of rotatable bonds is 5. The van der Waals surface area contributed by atoms with Gasteiger partial charge in [0.1, 0.15) is 6.04 Å². The van der Waals surface area contributed by atoms with Crippen LogP contribution in [0.2, 0.25) is 0 Å². The molecule has 0 aliphatic carbocycles. The molecule has 1 aliphatic rings. The molecule has 1 rings (SSSR count). The summed E-state index contributed by atoms with van der Waals surface area (Å²) in [6.45, 7) is 12.6. The molecular formula is C16H30N4O3. The van der Waals surface area contributed by atoms with E-state index >= 15 is 0 Å². The van der Waals surface area contributed by atoms with Gasteiger partial charge in [0.2, 0.25) is 11.8 Å². The summed E-state index contributed by atoms with van der Waals surface area (Å²) in [5, 5.41) is 2.73. The molecule has 1 fully saturated rings. The average molecular weight is 326 g/mol. The molecule has 0 saturated carbocycles. The Balaban J connectivity index is 2.62. The fraction of sp³-hybridized carbons (Fsp3) is 0.812. The Bertz CT molecular complexity index is 427. The van der Waals surface area contributed by atoms with E-state index in [0.29, 0.717) is 39.3 Å². The van der Waals surface area contributed by atoms with Crippen molar-refractivity contribution in [2.45, 2.75) is 40.7 Å². The molecule has 1 heterocycles. The third-order valence-corrected chi connectivity index (χ3v) is 4.19. The molecule has 1 unspecified atom stereocenters. The predicted molar refractivity (Wildman–Crippen MR) is 88.9 cm³/mol. The highest BCUT2D eigenvalue weighted by Gasteiger charge is 2.31. The van der Waals surface area contributed by atoms with E-state index in [1.165, 1.54) is 6.92 Å². The lowest BCUT2D eigenvalue weighted by Crippen LogP contribution is -2.58. The number of hydrogen-bond acceptors (Lipinski definition) is 3. The predicted octanol–water partition coefficient (Wildman–Crippen LogP) is 0.753. The number of nitrogens with one attached hydrogen (secondary N) is 1. The normalized spacial score (nSPS) is 16.3. The Hall–Kier alpha value is -1.79. The standard InChI is InChI=1S/C16H30N4O3/c1-6-18(7-2)16(23)20-10-8-19(9-11-20)15(22)14(12(3)4)17-13(5)21/h12,14H,6-11H2,1-5H3,(H,17,21). The maximum Gasteiger partial charge on any atom is 0.320 e. The summed E-state index contributed by atoms with van der Waals surface area (Å²) in [7, 11) is 0. The van der Waals surface area contributed by atoms with Gasteiger partial charge in [-0.3, -0.25) is 9.59 Å². The topological polar surface area (TPSA) is 73.0 Å². The van der Waals surface area contributed by atoms with Gasteiger partial charge >= 0.3 is 6.03 Å². The Morgan fingerprint density at radius 3 is 1.87 bits per heavy atom. The van der Waals surface area contributed by atoms with Gasteiger partial charge in [-0.1, -0.05) is 13.8 Å². The van der Waals surface area contributed by atoms with Gasteiger partial charge in [0.15, 0.2) is 0 Å². The smallest absolute Gasteiger partial charge is 0.320 e. The first-order valence-corrected chi connectivity index (χ1v) is 8.41. The molecule has 0 aromatic carbocycles. The van der Waals surface area contributed by atoms with Crippen LogP contribution in [-0.2, 0) is 9.59 Å². The summed E-state index contributed by atoms with van der Waals surface area (Å²) in [4.78, 5) is 41.5. The largest absolute Gasteiger partial charge is 0.344 e. The van der Waals surface area contributed by atoms with Gasteiger partial charge < -0.3 is 20.0 Å².